The molecule has 0 bridgehead atoms. The molecule has 0 saturated heterocycles. The topological polar surface area (TPSA) is 67.4 Å². The van der Waals surface area contributed by atoms with E-state index in [0.29, 0.717) is 27.7 Å². The summed E-state index contributed by atoms with van der Waals surface area (Å²) < 4.78 is 5.50. The molecule has 0 aliphatic rings. The van der Waals surface area contributed by atoms with E-state index in [2.05, 4.69) is 10.6 Å². The molecule has 6 heteroatoms. The first-order valence-electron chi connectivity index (χ1n) is 8.66. The third kappa shape index (κ3) is 5.34. The summed E-state index contributed by atoms with van der Waals surface area (Å²) in [6, 6.07) is 21.0. The van der Waals surface area contributed by atoms with Crippen molar-refractivity contribution < 1.29 is 14.3 Å². The summed E-state index contributed by atoms with van der Waals surface area (Å²) in [6.07, 6.45) is 0. The summed E-state index contributed by atoms with van der Waals surface area (Å²) in [5.74, 6) is 0.0690. The van der Waals surface area contributed by atoms with Crippen LogP contribution in [0.2, 0.25) is 5.02 Å². The zero-order valence-electron chi connectivity index (χ0n) is 15.2. The van der Waals surface area contributed by atoms with Crippen molar-refractivity contribution in [2.45, 2.75) is 6.92 Å². The predicted octanol–water partition coefficient (Wildman–Crippen LogP) is 4.92. The highest BCUT2D eigenvalue weighted by Gasteiger charge is 2.08. The van der Waals surface area contributed by atoms with E-state index < -0.39 is 0 Å². The van der Waals surface area contributed by atoms with Crippen LogP contribution in [0.4, 0.5) is 11.4 Å². The Morgan fingerprint density at radius 1 is 0.929 bits per heavy atom. The monoisotopic (exact) mass is 394 g/mol. The van der Waals surface area contributed by atoms with Gasteiger partial charge in [-0.3, -0.25) is 9.59 Å². The molecule has 0 radical (unpaired) electrons. The number of hydrogen-bond donors (Lipinski definition) is 2. The minimum atomic E-state index is -0.271. The first-order valence-corrected chi connectivity index (χ1v) is 9.04. The fraction of sp³-hybridized carbons (Fsp3) is 0.0909. The Labute approximate surface area is 168 Å². The van der Waals surface area contributed by atoms with Gasteiger partial charge in [-0.25, -0.2) is 0 Å². The number of halogens is 1. The Hall–Kier alpha value is -3.31. The SMILES string of the molecule is Cc1cc(Cl)ccc1NC(=O)COc1ccc(NC(=O)c2ccccc2)cc1. The highest BCUT2D eigenvalue weighted by Crippen LogP contribution is 2.20. The van der Waals surface area contributed by atoms with E-state index in [1.54, 1.807) is 54.6 Å². The maximum absolute atomic E-state index is 12.1. The maximum Gasteiger partial charge on any atom is 0.262 e. The minimum Gasteiger partial charge on any atom is -0.484 e. The van der Waals surface area contributed by atoms with E-state index in [1.165, 1.54) is 0 Å². The molecule has 2 amide bonds. The summed E-state index contributed by atoms with van der Waals surface area (Å²) in [5.41, 5.74) is 2.79. The van der Waals surface area contributed by atoms with Crippen LogP contribution in [-0.2, 0) is 4.79 Å². The molecule has 0 saturated carbocycles. The lowest BCUT2D eigenvalue weighted by Gasteiger charge is -2.10. The Balaban J connectivity index is 1.51. The number of ether oxygens (including phenoxy) is 1. The summed E-state index contributed by atoms with van der Waals surface area (Å²) in [7, 11) is 0. The first kappa shape index (κ1) is 19.5. The molecule has 0 aromatic heterocycles. The highest BCUT2D eigenvalue weighted by atomic mass is 35.5. The molecule has 3 aromatic carbocycles. The van der Waals surface area contributed by atoms with Crippen LogP contribution in [0.3, 0.4) is 0 Å². The van der Waals surface area contributed by atoms with Gasteiger partial charge in [-0.2, -0.15) is 0 Å². The van der Waals surface area contributed by atoms with Crippen LogP contribution in [0.1, 0.15) is 15.9 Å². The molecule has 142 valence electrons. The van der Waals surface area contributed by atoms with Crippen LogP contribution in [-0.4, -0.2) is 18.4 Å². The average Bonchev–Trinajstić information content (AvgIpc) is 2.70. The van der Waals surface area contributed by atoms with Crippen LogP contribution in [0.15, 0.2) is 72.8 Å². The van der Waals surface area contributed by atoms with Gasteiger partial charge in [-0.15, -0.1) is 0 Å². The molecule has 0 unspecified atom stereocenters. The summed E-state index contributed by atoms with van der Waals surface area (Å²) >= 11 is 5.91. The normalized spacial score (nSPS) is 10.2. The molecule has 3 aromatic rings. The van der Waals surface area contributed by atoms with Crippen molar-refractivity contribution in [1.82, 2.24) is 0 Å². The number of amides is 2. The first-order chi connectivity index (χ1) is 13.5. The van der Waals surface area contributed by atoms with Crippen molar-refractivity contribution >= 4 is 34.8 Å². The van der Waals surface area contributed by atoms with E-state index in [-0.39, 0.29) is 18.4 Å². The van der Waals surface area contributed by atoms with Gasteiger partial charge in [0.25, 0.3) is 11.8 Å². The van der Waals surface area contributed by atoms with E-state index >= 15 is 0 Å². The number of anilines is 2. The van der Waals surface area contributed by atoms with Crippen molar-refractivity contribution in [2.24, 2.45) is 0 Å². The van der Waals surface area contributed by atoms with Gasteiger partial charge in [0, 0.05) is 22.0 Å². The quantitative estimate of drug-likeness (QED) is 0.623. The zero-order valence-corrected chi connectivity index (χ0v) is 16.0. The van der Waals surface area contributed by atoms with Crippen LogP contribution in [0.25, 0.3) is 0 Å². The second-order valence-corrected chi connectivity index (χ2v) is 6.58. The van der Waals surface area contributed by atoms with Gasteiger partial charge in [-0.05, 0) is 67.1 Å². The molecule has 5 nitrogen and oxygen atoms in total. The van der Waals surface area contributed by atoms with E-state index in [0.717, 1.165) is 5.56 Å². The van der Waals surface area contributed by atoms with Crippen molar-refractivity contribution in [2.75, 3.05) is 17.2 Å². The molecule has 0 heterocycles. The predicted molar refractivity (Wildman–Crippen MR) is 111 cm³/mol. The number of rotatable bonds is 6. The van der Waals surface area contributed by atoms with E-state index in [1.807, 2.05) is 25.1 Å². The fourth-order valence-electron chi connectivity index (χ4n) is 2.53. The van der Waals surface area contributed by atoms with Gasteiger partial charge in [0.2, 0.25) is 0 Å². The maximum atomic E-state index is 12.1. The zero-order chi connectivity index (χ0) is 19.9. The van der Waals surface area contributed by atoms with E-state index in [4.69, 9.17) is 16.3 Å². The molecule has 0 spiro atoms. The molecule has 0 atom stereocenters. The number of nitrogens with one attached hydrogen (secondary N) is 2. The number of carbonyl (C=O) groups is 2. The lowest BCUT2D eigenvalue weighted by Crippen LogP contribution is -2.20. The smallest absolute Gasteiger partial charge is 0.262 e. The highest BCUT2D eigenvalue weighted by molar-refractivity contribution is 6.30. The number of carbonyl (C=O) groups excluding carboxylic acids is 2. The lowest BCUT2D eigenvalue weighted by atomic mass is 10.2. The van der Waals surface area contributed by atoms with Crippen molar-refractivity contribution in [3.63, 3.8) is 0 Å². The number of benzene rings is 3. The summed E-state index contributed by atoms with van der Waals surface area (Å²) in [5, 5.41) is 6.21. The van der Waals surface area contributed by atoms with Gasteiger partial charge in [0.1, 0.15) is 5.75 Å². The van der Waals surface area contributed by atoms with Crippen LogP contribution >= 0.6 is 11.6 Å². The third-order valence-electron chi connectivity index (χ3n) is 3.98. The third-order valence-corrected chi connectivity index (χ3v) is 4.22. The molecule has 28 heavy (non-hydrogen) atoms. The average molecular weight is 395 g/mol. The van der Waals surface area contributed by atoms with Crippen molar-refractivity contribution in [3.05, 3.63) is 88.9 Å². The Bertz CT molecular complexity index is 973. The van der Waals surface area contributed by atoms with Gasteiger partial charge in [-0.1, -0.05) is 29.8 Å². The van der Waals surface area contributed by atoms with Crippen LogP contribution in [0, 0.1) is 6.92 Å². The van der Waals surface area contributed by atoms with Crippen molar-refractivity contribution in [3.8, 4) is 5.75 Å². The van der Waals surface area contributed by atoms with Gasteiger partial charge in [0.15, 0.2) is 6.61 Å². The molecular formula is C22H19ClN2O3. The Morgan fingerprint density at radius 3 is 2.32 bits per heavy atom. The summed E-state index contributed by atoms with van der Waals surface area (Å²) in [6.45, 7) is 1.74. The second kappa shape index (κ2) is 9.06. The standard InChI is InChI=1S/C22H19ClN2O3/c1-15-13-17(23)7-12-20(15)25-21(26)14-28-19-10-8-18(9-11-19)24-22(27)16-5-3-2-4-6-16/h2-13H,14H2,1H3,(H,24,27)(H,25,26). The fourth-order valence-corrected chi connectivity index (χ4v) is 2.76. The number of hydrogen-bond acceptors (Lipinski definition) is 3. The largest absolute Gasteiger partial charge is 0.484 e. The van der Waals surface area contributed by atoms with Crippen LogP contribution < -0.4 is 15.4 Å². The molecule has 0 fully saturated rings. The molecule has 0 aliphatic heterocycles. The molecule has 0 aliphatic carbocycles. The van der Waals surface area contributed by atoms with Crippen LogP contribution in [0.5, 0.6) is 5.75 Å². The Morgan fingerprint density at radius 2 is 1.64 bits per heavy atom. The molecular weight excluding hydrogens is 376 g/mol. The van der Waals surface area contributed by atoms with Gasteiger partial charge < -0.3 is 15.4 Å². The lowest BCUT2D eigenvalue weighted by molar-refractivity contribution is -0.118. The van der Waals surface area contributed by atoms with Gasteiger partial charge >= 0.3 is 0 Å². The minimum absolute atomic E-state index is 0.127. The second-order valence-electron chi connectivity index (χ2n) is 6.14. The number of aryl methyl sites for hydroxylation is 1. The van der Waals surface area contributed by atoms with E-state index in [9.17, 15) is 9.59 Å². The van der Waals surface area contributed by atoms with Gasteiger partial charge in [0.05, 0.1) is 0 Å². The molecule has 3 rings (SSSR count). The molecule has 2 N–H and O–H groups in total. The van der Waals surface area contributed by atoms with Crippen molar-refractivity contribution in [1.29, 1.82) is 0 Å². The Kier molecular flexibility index (Phi) is 6.29. The summed E-state index contributed by atoms with van der Waals surface area (Å²) in [4.78, 5) is 24.2.